The summed E-state index contributed by atoms with van der Waals surface area (Å²) >= 11 is 0. The van der Waals surface area contributed by atoms with E-state index in [9.17, 15) is 5.26 Å². The van der Waals surface area contributed by atoms with Crippen LogP contribution in [0.3, 0.4) is 0 Å². The Bertz CT molecular complexity index is 342. The van der Waals surface area contributed by atoms with Gasteiger partial charge in [-0.3, -0.25) is 0 Å². The molecule has 0 heterocycles. The van der Waals surface area contributed by atoms with Crippen LogP contribution < -0.4 is 5.32 Å². The molecule has 5 aliphatic carbocycles. The third-order valence-electron chi connectivity index (χ3n) is 6.13. The summed E-state index contributed by atoms with van der Waals surface area (Å²) in [5.74, 6) is 3.74. The van der Waals surface area contributed by atoms with Crippen LogP contribution >= 0.6 is 0 Å². The predicted octanol–water partition coefficient (Wildman–Crippen LogP) is 3.09. The van der Waals surface area contributed by atoms with Gasteiger partial charge in [0.2, 0.25) is 0 Å². The summed E-state index contributed by atoms with van der Waals surface area (Å²) in [6.45, 7) is 1.10. The molecule has 4 bridgehead atoms. The zero-order chi connectivity index (χ0) is 12.2. The van der Waals surface area contributed by atoms with Crippen LogP contribution in [-0.4, -0.2) is 12.6 Å². The van der Waals surface area contributed by atoms with E-state index in [1.165, 1.54) is 51.4 Å². The Morgan fingerprint density at radius 3 is 2.06 bits per heavy atom. The fraction of sp³-hybridized carbons (Fsp3) is 0.938. The van der Waals surface area contributed by atoms with Crippen LogP contribution in [-0.2, 0) is 0 Å². The highest BCUT2D eigenvalue weighted by molar-refractivity contribution is 5.12. The first-order valence-electron chi connectivity index (χ1n) is 7.90. The van der Waals surface area contributed by atoms with Gasteiger partial charge >= 0.3 is 0 Å². The third kappa shape index (κ3) is 1.79. The summed E-state index contributed by atoms with van der Waals surface area (Å²) in [5, 5.41) is 13.2. The lowest BCUT2D eigenvalue weighted by Gasteiger charge is -2.58. The van der Waals surface area contributed by atoms with Crippen LogP contribution in [0.5, 0.6) is 0 Å². The maximum absolute atomic E-state index is 9.61. The van der Waals surface area contributed by atoms with E-state index in [-0.39, 0.29) is 6.04 Å². The molecule has 0 aromatic heterocycles. The zero-order valence-corrected chi connectivity index (χ0v) is 11.2. The van der Waals surface area contributed by atoms with Gasteiger partial charge in [-0.1, -0.05) is 0 Å². The Morgan fingerprint density at radius 2 is 1.61 bits per heavy atom. The average Bonchev–Trinajstić information content (AvgIpc) is 3.11. The molecule has 0 aliphatic heterocycles. The maximum Gasteiger partial charge on any atom is 0.101 e. The van der Waals surface area contributed by atoms with Gasteiger partial charge in [-0.05, 0) is 87.0 Å². The number of nitrogens with zero attached hydrogens (tertiary/aromatic N) is 1. The van der Waals surface area contributed by atoms with E-state index in [0.717, 1.165) is 30.2 Å². The molecule has 0 aromatic rings. The molecule has 5 saturated carbocycles. The predicted molar refractivity (Wildman–Crippen MR) is 70.7 cm³/mol. The second-order valence-corrected chi connectivity index (χ2v) is 7.69. The van der Waals surface area contributed by atoms with E-state index in [2.05, 4.69) is 11.4 Å². The molecule has 2 heteroatoms. The molecule has 5 rings (SSSR count). The topological polar surface area (TPSA) is 35.8 Å². The van der Waals surface area contributed by atoms with Crippen molar-refractivity contribution in [2.75, 3.05) is 6.54 Å². The normalized spacial score (nSPS) is 46.9. The monoisotopic (exact) mass is 244 g/mol. The molecule has 5 fully saturated rings. The van der Waals surface area contributed by atoms with Crippen LogP contribution in [0.1, 0.15) is 51.4 Å². The third-order valence-corrected chi connectivity index (χ3v) is 6.13. The molecule has 0 aromatic carbocycles. The Hall–Kier alpha value is -0.550. The van der Waals surface area contributed by atoms with Crippen molar-refractivity contribution >= 4 is 0 Å². The lowest BCUT2D eigenvalue weighted by atomic mass is 9.48. The molecule has 1 N–H and O–H groups in total. The number of hydrogen-bond donors (Lipinski definition) is 1. The van der Waals surface area contributed by atoms with Gasteiger partial charge in [-0.2, -0.15) is 5.26 Å². The van der Waals surface area contributed by atoms with E-state index in [0.29, 0.717) is 5.41 Å². The van der Waals surface area contributed by atoms with Crippen LogP contribution in [0, 0.1) is 40.4 Å². The number of hydrogen-bond acceptors (Lipinski definition) is 2. The Balaban J connectivity index is 1.52. The summed E-state index contributed by atoms with van der Waals surface area (Å²) in [7, 11) is 0. The minimum Gasteiger partial charge on any atom is -0.301 e. The van der Waals surface area contributed by atoms with Crippen LogP contribution in [0.15, 0.2) is 0 Å². The summed E-state index contributed by atoms with van der Waals surface area (Å²) in [6.07, 6.45) is 11.2. The lowest BCUT2D eigenvalue weighted by Crippen LogP contribution is -2.55. The second kappa shape index (κ2) is 3.97. The highest BCUT2D eigenvalue weighted by Crippen LogP contribution is 2.61. The van der Waals surface area contributed by atoms with Gasteiger partial charge in [0.15, 0.2) is 0 Å². The van der Waals surface area contributed by atoms with Gasteiger partial charge < -0.3 is 5.32 Å². The van der Waals surface area contributed by atoms with E-state index in [4.69, 9.17) is 0 Å². The van der Waals surface area contributed by atoms with E-state index in [1.807, 2.05) is 0 Å². The van der Waals surface area contributed by atoms with Gasteiger partial charge in [0.1, 0.15) is 6.04 Å². The molecule has 0 spiro atoms. The van der Waals surface area contributed by atoms with Crippen LogP contribution in [0.2, 0.25) is 0 Å². The molecular formula is C16H24N2. The van der Waals surface area contributed by atoms with Crippen molar-refractivity contribution < 1.29 is 0 Å². The zero-order valence-electron chi connectivity index (χ0n) is 11.2. The van der Waals surface area contributed by atoms with Crippen molar-refractivity contribution in [3.63, 3.8) is 0 Å². The average molecular weight is 244 g/mol. The first-order chi connectivity index (χ1) is 8.77. The highest BCUT2D eigenvalue weighted by atomic mass is 14.9. The second-order valence-electron chi connectivity index (χ2n) is 7.69. The Morgan fingerprint density at radius 1 is 1.06 bits per heavy atom. The van der Waals surface area contributed by atoms with Crippen molar-refractivity contribution in [3.8, 4) is 6.07 Å². The summed E-state index contributed by atoms with van der Waals surface area (Å²) in [6, 6.07) is 2.78. The molecule has 98 valence electrons. The maximum atomic E-state index is 9.61. The minimum absolute atomic E-state index is 0.145. The van der Waals surface area contributed by atoms with Gasteiger partial charge in [-0.15, -0.1) is 0 Å². The highest BCUT2D eigenvalue weighted by Gasteiger charge is 2.54. The standard InChI is InChI=1S/C16H24N2/c17-9-15(18-10-11-1-2-11)16-6-12-3-13(7-16)5-14(4-12)8-16/h11-15,18H,1-8,10H2. The molecule has 0 radical (unpaired) electrons. The van der Waals surface area contributed by atoms with Crippen molar-refractivity contribution in [2.45, 2.75) is 57.4 Å². The minimum atomic E-state index is 0.145. The molecule has 18 heavy (non-hydrogen) atoms. The molecule has 5 aliphatic rings. The lowest BCUT2D eigenvalue weighted by molar-refractivity contribution is -0.0637. The molecule has 2 nitrogen and oxygen atoms in total. The quantitative estimate of drug-likeness (QED) is 0.825. The SMILES string of the molecule is N#CC(NCC1CC1)C12CC3CC(CC(C3)C1)C2. The first-order valence-corrected chi connectivity index (χ1v) is 7.90. The molecule has 0 amide bonds. The van der Waals surface area contributed by atoms with Crippen molar-refractivity contribution in [2.24, 2.45) is 29.1 Å². The van der Waals surface area contributed by atoms with Crippen LogP contribution in [0.4, 0.5) is 0 Å². The van der Waals surface area contributed by atoms with Crippen molar-refractivity contribution in [1.82, 2.24) is 5.32 Å². The van der Waals surface area contributed by atoms with Gasteiger partial charge in [0.25, 0.3) is 0 Å². The summed E-state index contributed by atoms with van der Waals surface area (Å²) in [5.41, 5.74) is 0.360. The van der Waals surface area contributed by atoms with Crippen molar-refractivity contribution in [1.29, 1.82) is 5.26 Å². The largest absolute Gasteiger partial charge is 0.301 e. The number of rotatable bonds is 4. The fourth-order valence-corrected chi connectivity index (χ4v) is 5.54. The van der Waals surface area contributed by atoms with Gasteiger partial charge in [-0.25, -0.2) is 0 Å². The smallest absolute Gasteiger partial charge is 0.101 e. The molecule has 0 saturated heterocycles. The van der Waals surface area contributed by atoms with Crippen LogP contribution in [0.25, 0.3) is 0 Å². The summed E-state index contributed by atoms with van der Waals surface area (Å²) < 4.78 is 0. The Labute approximate surface area is 110 Å². The van der Waals surface area contributed by atoms with E-state index < -0.39 is 0 Å². The first kappa shape index (κ1) is 11.3. The van der Waals surface area contributed by atoms with E-state index >= 15 is 0 Å². The molecule has 1 unspecified atom stereocenters. The number of nitriles is 1. The molecular weight excluding hydrogens is 220 g/mol. The van der Waals surface area contributed by atoms with E-state index in [1.54, 1.807) is 0 Å². The fourth-order valence-electron chi connectivity index (χ4n) is 5.54. The summed E-state index contributed by atoms with van der Waals surface area (Å²) in [4.78, 5) is 0. The molecule has 1 atom stereocenters. The van der Waals surface area contributed by atoms with Gasteiger partial charge in [0, 0.05) is 0 Å². The van der Waals surface area contributed by atoms with Crippen molar-refractivity contribution in [3.05, 3.63) is 0 Å². The number of nitrogens with one attached hydrogen (secondary N) is 1. The Kier molecular flexibility index (Phi) is 2.49. The van der Waals surface area contributed by atoms with Gasteiger partial charge in [0.05, 0.1) is 6.07 Å².